The van der Waals surface area contributed by atoms with Gasteiger partial charge in [-0.2, -0.15) is 23.5 Å². The Morgan fingerprint density at radius 2 is 1.65 bits per heavy atom. The lowest BCUT2D eigenvalue weighted by Gasteiger charge is -2.45. The monoisotopic (exact) mass is 552 g/mol. The number of piperidine rings is 1. The van der Waals surface area contributed by atoms with Gasteiger partial charge in [-0.15, -0.1) is 0 Å². The van der Waals surface area contributed by atoms with Gasteiger partial charge in [-0.05, 0) is 54.5 Å². The van der Waals surface area contributed by atoms with E-state index in [4.69, 9.17) is 5.73 Å². The minimum atomic E-state index is -4.36. The summed E-state index contributed by atoms with van der Waals surface area (Å²) in [5, 5.41) is 18.8. The smallest absolute Gasteiger partial charge is 0.369 e. The van der Waals surface area contributed by atoms with Crippen LogP contribution < -0.4 is 11.1 Å². The lowest BCUT2D eigenvalue weighted by molar-refractivity contribution is -0.137. The Morgan fingerprint density at radius 1 is 1.05 bits per heavy atom. The molecular weight excluding hydrogens is 521 g/mol. The van der Waals surface area contributed by atoms with Crippen LogP contribution in [0.4, 0.5) is 13.2 Å². The van der Waals surface area contributed by atoms with E-state index in [0.29, 0.717) is 38.0 Å². The van der Waals surface area contributed by atoms with E-state index in [0.717, 1.165) is 36.1 Å². The molecule has 2 aromatic carbocycles. The number of nitrogens with one attached hydrogen (secondary N) is 1. The average Bonchev–Trinajstić information content (AvgIpc) is 3.70. The summed E-state index contributed by atoms with van der Waals surface area (Å²) < 4.78 is 38.6. The van der Waals surface area contributed by atoms with Crippen LogP contribution in [0, 0.1) is 23.2 Å². The van der Waals surface area contributed by atoms with Crippen molar-refractivity contribution in [3.05, 3.63) is 59.7 Å². The first-order valence-corrected chi connectivity index (χ1v) is 13.4. The van der Waals surface area contributed by atoms with Crippen LogP contribution in [0.2, 0.25) is 0 Å². The van der Waals surface area contributed by atoms with Gasteiger partial charge in [0, 0.05) is 25.6 Å². The van der Waals surface area contributed by atoms with E-state index in [1.165, 1.54) is 12.1 Å². The van der Waals surface area contributed by atoms with Crippen molar-refractivity contribution >= 4 is 17.6 Å². The summed E-state index contributed by atoms with van der Waals surface area (Å²) in [5.41, 5.74) is 7.02. The van der Waals surface area contributed by atoms with Gasteiger partial charge in [-0.1, -0.05) is 36.4 Å². The maximum absolute atomic E-state index is 12.9. The molecule has 1 aliphatic carbocycles. The topological polar surface area (TPSA) is 115 Å². The number of nitriles is 1. The molecule has 1 unspecified atom stereocenters. The fourth-order valence-corrected chi connectivity index (χ4v) is 5.42. The second kappa shape index (κ2) is 10.9. The van der Waals surface area contributed by atoms with Crippen molar-refractivity contribution < 1.29 is 22.8 Å². The maximum Gasteiger partial charge on any atom is 0.416 e. The molecule has 3 aliphatic rings. The van der Waals surface area contributed by atoms with E-state index >= 15 is 0 Å². The summed E-state index contributed by atoms with van der Waals surface area (Å²) in [7, 11) is 0. The van der Waals surface area contributed by atoms with E-state index in [1.54, 1.807) is 5.01 Å². The number of primary amides is 1. The number of benzene rings is 2. The van der Waals surface area contributed by atoms with Crippen LogP contribution in [0.5, 0.6) is 0 Å². The SMILES string of the molecule is N#CCC1(N2CC(C(N)=O)C(NC(=O)C3CC3)=N2)CCN(Cc2ccc(-c3ccc(C(F)(F)F)cc3)cc2)CC1. The quantitative estimate of drug-likeness (QED) is 0.541. The van der Waals surface area contributed by atoms with Crippen LogP contribution in [0.25, 0.3) is 11.1 Å². The molecule has 1 atom stereocenters. The Hall–Kier alpha value is -3.91. The molecule has 0 spiro atoms. The molecule has 0 bridgehead atoms. The Kier molecular flexibility index (Phi) is 7.55. The predicted molar refractivity (Wildman–Crippen MR) is 142 cm³/mol. The van der Waals surface area contributed by atoms with Crippen molar-refractivity contribution in [3.8, 4) is 17.2 Å². The number of nitrogens with two attached hydrogens (primary N) is 1. The minimum absolute atomic E-state index is 0.0365. The molecule has 1 saturated carbocycles. The number of hydrogen-bond acceptors (Lipinski definition) is 6. The highest BCUT2D eigenvalue weighted by molar-refractivity contribution is 6.10. The molecule has 2 heterocycles. The second-order valence-corrected chi connectivity index (χ2v) is 10.9. The Labute approximate surface area is 230 Å². The largest absolute Gasteiger partial charge is 0.416 e. The van der Waals surface area contributed by atoms with E-state index < -0.39 is 29.1 Å². The van der Waals surface area contributed by atoms with Gasteiger partial charge >= 0.3 is 6.18 Å². The lowest BCUT2D eigenvalue weighted by atomic mass is 9.83. The van der Waals surface area contributed by atoms with Gasteiger partial charge in [0.1, 0.15) is 11.8 Å². The molecule has 11 heteroatoms. The van der Waals surface area contributed by atoms with Gasteiger partial charge in [0.25, 0.3) is 0 Å². The van der Waals surface area contributed by atoms with E-state index in [1.807, 2.05) is 24.3 Å². The number of hydrazone groups is 1. The lowest BCUT2D eigenvalue weighted by Crippen LogP contribution is -2.53. The number of carbonyl (C=O) groups is 2. The molecule has 3 N–H and O–H groups in total. The number of nitrogens with zero attached hydrogens (tertiary/aromatic N) is 4. The minimum Gasteiger partial charge on any atom is -0.369 e. The first-order valence-electron chi connectivity index (χ1n) is 13.4. The van der Waals surface area contributed by atoms with Gasteiger partial charge in [-0.25, -0.2) is 0 Å². The van der Waals surface area contributed by atoms with Crippen molar-refractivity contribution in [3.63, 3.8) is 0 Å². The molecule has 2 amide bonds. The molecule has 8 nitrogen and oxygen atoms in total. The number of likely N-dealkylation sites (tertiary alicyclic amines) is 1. The Balaban J connectivity index is 1.22. The molecule has 2 fully saturated rings. The highest BCUT2D eigenvalue weighted by Gasteiger charge is 2.46. The molecule has 2 aromatic rings. The molecule has 40 heavy (non-hydrogen) atoms. The Morgan fingerprint density at radius 3 is 2.17 bits per heavy atom. The zero-order valence-electron chi connectivity index (χ0n) is 22.0. The summed E-state index contributed by atoms with van der Waals surface area (Å²) in [6.07, 6.45) is -1.15. The number of rotatable bonds is 7. The maximum atomic E-state index is 12.9. The highest BCUT2D eigenvalue weighted by Crippen LogP contribution is 2.37. The van der Waals surface area contributed by atoms with Gasteiger partial charge in [0.2, 0.25) is 11.8 Å². The molecule has 0 radical (unpaired) electrons. The molecule has 2 aliphatic heterocycles. The van der Waals surface area contributed by atoms with Crippen LogP contribution in [0.1, 0.15) is 43.2 Å². The van der Waals surface area contributed by atoms with Crippen molar-refractivity contribution in [2.24, 2.45) is 22.7 Å². The molecule has 5 rings (SSSR count). The average molecular weight is 553 g/mol. The number of alkyl halides is 3. The van der Waals surface area contributed by atoms with Crippen molar-refractivity contribution in [2.45, 2.75) is 50.4 Å². The highest BCUT2D eigenvalue weighted by atomic mass is 19.4. The van der Waals surface area contributed by atoms with E-state index in [-0.39, 0.29) is 30.6 Å². The van der Waals surface area contributed by atoms with Crippen LogP contribution in [-0.2, 0) is 22.3 Å². The summed E-state index contributed by atoms with van der Waals surface area (Å²) in [5.74, 6) is -1.18. The third-order valence-electron chi connectivity index (χ3n) is 8.10. The first-order chi connectivity index (χ1) is 19.1. The van der Waals surface area contributed by atoms with Gasteiger partial charge in [0.15, 0.2) is 0 Å². The van der Waals surface area contributed by atoms with E-state index in [2.05, 4.69) is 21.4 Å². The molecule has 210 valence electrons. The fraction of sp³-hybridized carbons (Fsp3) is 0.448. The number of amides is 2. The summed E-state index contributed by atoms with van der Waals surface area (Å²) in [4.78, 5) is 26.7. The van der Waals surface area contributed by atoms with Crippen molar-refractivity contribution in [1.82, 2.24) is 15.2 Å². The number of carbonyl (C=O) groups excluding carboxylic acids is 2. The molecular formula is C29H31F3N6O2. The summed E-state index contributed by atoms with van der Waals surface area (Å²) >= 11 is 0. The third kappa shape index (κ3) is 5.97. The predicted octanol–water partition coefficient (Wildman–Crippen LogP) is 3.88. The van der Waals surface area contributed by atoms with Crippen molar-refractivity contribution in [1.29, 1.82) is 5.26 Å². The van der Waals surface area contributed by atoms with Gasteiger partial charge in [0.05, 0.1) is 30.1 Å². The molecule has 0 aromatic heterocycles. The first kappa shape index (κ1) is 27.6. The third-order valence-corrected chi connectivity index (χ3v) is 8.10. The summed E-state index contributed by atoms with van der Waals surface area (Å²) in [6.45, 7) is 2.34. The van der Waals surface area contributed by atoms with Crippen LogP contribution >= 0.6 is 0 Å². The van der Waals surface area contributed by atoms with Crippen LogP contribution in [-0.4, -0.2) is 52.7 Å². The second-order valence-electron chi connectivity index (χ2n) is 10.9. The normalized spacial score (nSPS) is 21.0. The number of hydrogen-bond donors (Lipinski definition) is 2. The fourth-order valence-electron chi connectivity index (χ4n) is 5.42. The van der Waals surface area contributed by atoms with Gasteiger partial charge in [-0.3, -0.25) is 19.5 Å². The van der Waals surface area contributed by atoms with Gasteiger partial charge < -0.3 is 11.1 Å². The van der Waals surface area contributed by atoms with E-state index in [9.17, 15) is 28.0 Å². The standard InChI is InChI=1S/C29H31F3N6O2/c30-29(31,32)23-9-7-21(8-10-23)20-3-1-19(2-4-20)17-37-15-12-28(11-14-33,13-16-37)38-18-24(25(34)39)26(36-38)35-27(40)22-5-6-22/h1-4,7-10,22,24H,5-6,11-13,15-18H2,(H2,34,39)(H,35,36,40). The summed E-state index contributed by atoms with van der Waals surface area (Å²) in [6, 6.07) is 15.2. The Bertz CT molecular complexity index is 1320. The number of halogens is 3. The van der Waals surface area contributed by atoms with Crippen LogP contribution in [0.15, 0.2) is 53.6 Å². The zero-order chi connectivity index (χ0) is 28.5. The zero-order valence-corrected chi connectivity index (χ0v) is 22.0. The van der Waals surface area contributed by atoms with Crippen LogP contribution in [0.3, 0.4) is 0 Å². The molecule has 1 saturated heterocycles. The van der Waals surface area contributed by atoms with Crippen molar-refractivity contribution in [2.75, 3.05) is 19.6 Å². The number of amidine groups is 1.